The van der Waals surface area contributed by atoms with Gasteiger partial charge < -0.3 is 0 Å². The van der Waals surface area contributed by atoms with E-state index < -0.39 is 0 Å². The summed E-state index contributed by atoms with van der Waals surface area (Å²) in [5, 5.41) is 0. The average molecular weight is 325 g/mol. The largest absolute Gasteiger partial charge is 0.0654 e. The van der Waals surface area contributed by atoms with E-state index in [0.29, 0.717) is 0 Å². The molecule has 2 saturated carbocycles. The van der Waals surface area contributed by atoms with Gasteiger partial charge in [-0.3, -0.25) is 0 Å². The maximum absolute atomic E-state index is 2.34. The van der Waals surface area contributed by atoms with Crippen LogP contribution in [-0.4, -0.2) is 0 Å². The Hall–Kier alpha value is 0. The van der Waals surface area contributed by atoms with Gasteiger partial charge in [0.15, 0.2) is 0 Å². The van der Waals surface area contributed by atoms with E-state index in [4.69, 9.17) is 0 Å². The first kappa shape index (κ1) is 23.0. The topological polar surface area (TPSA) is 0 Å². The highest BCUT2D eigenvalue weighted by molar-refractivity contribution is 4.73. The summed E-state index contributed by atoms with van der Waals surface area (Å²) < 4.78 is 0. The van der Waals surface area contributed by atoms with Crippen molar-refractivity contribution in [1.82, 2.24) is 0 Å². The van der Waals surface area contributed by atoms with Gasteiger partial charge in [-0.25, -0.2) is 0 Å². The molecule has 0 aromatic rings. The van der Waals surface area contributed by atoms with Gasteiger partial charge in [0.1, 0.15) is 0 Å². The molecule has 23 heavy (non-hydrogen) atoms. The molecule has 0 unspecified atom stereocenters. The fraction of sp³-hybridized carbons (Fsp3) is 1.00. The highest BCUT2D eigenvalue weighted by Gasteiger charge is 2.21. The monoisotopic (exact) mass is 324 g/mol. The smallest absolute Gasteiger partial charge is 0.0412 e. The van der Waals surface area contributed by atoms with E-state index in [1.165, 1.54) is 70.6 Å². The molecular weight excluding hydrogens is 276 g/mol. The molecule has 0 amide bonds. The minimum atomic E-state index is 0.898. The predicted octanol–water partition coefficient (Wildman–Crippen LogP) is 8.50. The SMILES string of the molecule is CC(C)CC1CC1.CC(C)CC1CCCCC1.CCCC(C)C. The Morgan fingerprint density at radius 1 is 0.609 bits per heavy atom. The molecule has 0 aromatic heterocycles. The Balaban J connectivity index is 0.000000330. The lowest BCUT2D eigenvalue weighted by atomic mass is 9.84. The summed E-state index contributed by atoms with van der Waals surface area (Å²) in [6.45, 7) is 16.0. The average Bonchev–Trinajstić information content (AvgIpc) is 3.23. The van der Waals surface area contributed by atoms with Crippen LogP contribution in [0.4, 0.5) is 0 Å². The normalized spacial score (nSPS) is 18.5. The predicted molar refractivity (Wildman–Crippen MR) is 108 cm³/mol. The molecule has 0 aliphatic heterocycles. The summed E-state index contributed by atoms with van der Waals surface area (Å²) in [5.41, 5.74) is 0. The fourth-order valence-electron chi connectivity index (χ4n) is 3.69. The van der Waals surface area contributed by atoms with Gasteiger partial charge >= 0.3 is 0 Å². The van der Waals surface area contributed by atoms with Gasteiger partial charge in [0, 0.05) is 0 Å². The molecule has 140 valence electrons. The van der Waals surface area contributed by atoms with Gasteiger partial charge in [-0.1, -0.05) is 106 Å². The van der Waals surface area contributed by atoms with Gasteiger partial charge in [0.2, 0.25) is 0 Å². The van der Waals surface area contributed by atoms with Crippen LogP contribution < -0.4 is 0 Å². The Morgan fingerprint density at radius 3 is 1.30 bits per heavy atom. The van der Waals surface area contributed by atoms with Crippen LogP contribution >= 0.6 is 0 Å². The Bertz CT molecular complexity index is 228. The second-order valence-electron chi connectivity index (χ2n) is 9.39. The molecule has 2 aliphatic carbocycles. The number of hydrogen-bond acceptors (Lipinski definition) is 0. The fourth-order valence-corrected chi connectivity index (χ4v) is 3.69. The maximum Gasteiger partial charge on any atom is -0.0412 e. The minimum Gasteiger partial charge on any atom is -0.0654 e. The van der Waals surface area contributed by atoms with E-state index in [2.05, 4.69) is 48.5 Å². The lowest BCUT2D eigenvalue weighted by Crippen LogP contribution is -2.08. The van der Waals surface area contributed by atoms with Crippen LogP contribution in [-0.2, 0) is 0 Å². The van der Waals surface area contributed by atoms with Crippen LogP contribution in [0.1, 0.15) is 119 Å². The van der Waals surface area contributed by atoms with Gasteiger partial charge in [-0.15, -0.1) is 0 Å². The van der Waals surface area contributed by atoms with Gasteiger partial charge in [-0.2, -0.15) is 0 Å². The molecule has 0 bridgehead atoms. The highest BCUT2D eigenvalue weighted by Crippen LogP contribution is 2.34. The van der Waals surface area contributed by atoms with Crippen molar-refractivity contribution in [3.8, 4) is 0 Å². The number of hydrogen-bond donors (Lipinski definition) is 0. The second kappa shape index (κ2) is 14.4. The van der Waals surface area contributed by atoms with Gasteiger partial charge in [-0.05, 0) is 42.4 Å². The van der Waals surface area contributed by atoms with Crippen LogP contribution in [0.3, 0.4) is 0 Å². The molecule has 0 saturated heterocycles. The molecule has 0 heterocycles. The first-order valence-corrected chi connectivity index (χ1v) is 10.8. The van der Waals surface area contributed by atoms with Crippen molar-refractivity contribution < 1.29 is 0 Å². The summed E-state index contributed by atoms with van der Waals surface area (Å²) in [6.07, 6.45) is 16.2. The summed E-state index contributed by atoms with van der Waals surface area (Å²) in [5.74, 6) is 4.96. The van der Waals surface area contributed by atoms with Crippen molar-refractivity contribution in [2.75, 3.05) is 0 Å². The third-order valence-electron chi connectivity index (χ3n) is 4.90. The van der Waals surface area contributed by atoms with Crippen LogP contribution in [0.5, 0.6) is 0 Å². The highest BCUT2D eigenvalue weighted by atomic mass is 14.3. The summed E-state index contributed by atoms with van der Waals surface area (Å²) in [7, 11) is 0. The molecule has 0 spiro atoms. The van der Waals surface area contributed by atoms with Crippen molar-refractivity contribution in [3.05, 3.63) is 0 Å². The molecule has 0 nitrogen and oxygen atoms in total. The molecular formula is C23H48. The van der Waals surface area contributed by atoms with E-state index in [1.807, 2.05) is 0 Å². The first-order valence-electron chi connectivity index (χ1n) is 10.8. The minimum absolute atomic E-state index is 0.898. The van der Waals surface area contributed by atoms with Crippen LogP contribution in [0, 0.1) is 29.6 Å². The van der Waals surface area contributed by atoms with E-state index >= 15 is 0 Å². The quantitative estimate of drug-likeness (QED) is 0.459. The number of rotatable bonds is 6. The molecule has 2 aliphatic rings. The zero-order valence-corrected chi connectivity index (χ0v) is 17.7. The summed E-state index contributed by atoms with van der Waals surface area (Å²) in [4.78, 5) is 0. The Morgan fingerprint density at radius 2 is 1.04 bits per heavy atom. The standard InChI is InChI=1S/C10H20.C7H14.C6H14/c1-9(2)8-10-6-4-3-5-7-10;1-6(2)5-7-3-4-7;1-4-5-6(2)3/h9-10H,3-8H2,1-2H3;6-7H,3-5H2,1-2H3;6H,4-5H2,1-3H3. The molecule has 0 heteroatoms. The molecule has 0 N–H and O–H groups in total. The summed E-state index contributed by atoms with van der Waals surface area (Å²) in [6, 6.07) is 0. The van der Waals surface area contributed by atoms with Crippen molar-refractivity contribution in [3.63, 3.8) is 0 Å². The summed E-state index contributed by atoms with van der Waals surface area (Å²) >= 11 is 0. The zero-order valence-electron chi connectivity index (χ0n) is 17.7. The first-order chi connectivity index (χ1) is 10.8. The van der Waals surface area contributed by atoms with E-state index in [0.717, 1.165) is 29.6 Å². The van der Waals surface area contributed by atoms with Crippen molar-refractivity contribution in [2.24, 2.45) is 29.6 Å². The van der Waals surface area contributed by atoms with Gasteiger partial charge in [0.25, 0.3) is 0 Å². The van der Waals surface area contributed by atoms with Crippen LogP contribution in [0.25, 0.3) is 0 Å². The molecule has 2 rings (SSSR count). The Kier molecular flexibility index (Phi) is 14.4. The van der Waals surface area contributed by atoms with Crippen molar-refractivity contribution >= 4 is 0 Å². The third-order valence-corrected chi connectivity index (χ3v) is 4.90. The zero-order chi connectivity index (χ0) is 17.7. The molecule has 0 atom stereocenters. The molecule has 0 aromatic carbocycles. The van der Waals surface area contributed by atoms with Crippen molar-refractivity contribution in [2.45, 2.75) is 119 Å². The van der Waals surface area contributed by atoms with Crippen LogP contribution in [0.2, 0.25) is 0 Å². The lowest BCUT2D eigenvalue weighted by molar-refractivity contribution is 0.305. The van der Waals surface area contributed by atoms with Crippen molar-refractivity contribution in [1.29, 1.82) is 0 Å². The maximum atomic E-state index is 2.34. The second-order valence-corrected chi connectivity index (χ2v) is 9.39. The van der Waals surface area contributed by atoms with Crippen LogP contribution in [0.15, 0.2) is 0 Å². The third kappa shape index (κ3) is 18.2. The van der Waals surface area contributed by atoms with E-state index in [1.54, 1.807) is 0 Å². The lowest BCUT2D eigenvalue weighted by Gasteiger charge is -2.22. The van der Waals surface area contributed by atoms with E-state index in [9.17, 15) is 0 Å². The van der Waals surface area contributed by atoms with Gasteiger partial charge in [0.05, 0.1) is 0 Å². The molecule has 0 radical (unpaired) electrons. The van der Waals surface area contributed by atoms with E-state index in [-0.39, 0.29) is 0 Å². The molecule has 2 fully saturated rings. The Labute approximate surface area is 149 Å².